The van der Waals surface area contributed by atoms with Gasteiger partial charge in [0.15, 0.2) is 0 Å². The summed E-state index contributed by atoms with van der Waals surface area (Å²) in [4.78, 5) is 0. The van der Waals surface area contributed by atoms with Crippen LogP contribution in [0.4, 0.5) is 0 Å². The Kier molecular flexibility index (Phi) is 8.38. The van der Waals surface area contributed by atoms with E-state index in [2.05, 4.69) is 62.4 Å². The Labute approximate surface area is 159 Å². The second-order valence-corrected chi connectivity index (χ2v) is 10.4. The van der Waals surface area contributed by atoms with Gasteiger partial charge in [0.1, 0.15) is 0 Å². The molecule has 0 radical (unpaired) electrons. The van der Waals surface area contributed by atoms with Crippen molar-refractivity contribution in [2.24, 2.45) is 11.8 Å². The molecule has 0 nitrogen and oxygen atoms in total. The molecule has 2 aliphatic rings. The van der Waals surface area contributed by atoms with Gasteiger partial charge in [0, 0.05) is 0 Å². The maximum atomic E-state index is 4.93. The third kappa shape index (κ3) is 6.04. The Morgan fingerprint density at radius 1 is 0.652 bits per heavy atom. The van der Waals surface area contributed by atoms with Crippen LogP contribution in [0.3, 0.4) is 0 Å². The standard InChI is InChI=1S/2C10H12.2ClH.Zr/c2*1-8-6-9-4-2-3-5-10(9)7-8;;;/h2*2-5,8H,6-7H2,1H3;2*1H;/q;;;;+2/p-2. The van der Waals surface area contributed by atoms with Crippen LogP contribution in [0.15, 0.2) is 48.5 Å². The molecule has 2 aromatic carbocycles. The third-order valence-corrected chi connectivity index (χ3v) is 4.51. The first-order valence-electron chi connectivity index (χ1n) is 8.23. The van der Waals surface area contributed by atoms with Crippen LogP contribution in [0.5, 0.6) is 0 Å². The fourth-order valence-corrected chi connectivity index (χ4v) is 3.56. The van der Waals surface area contributed by atoms with Crippen LogP contribution in [0, 0.1) is 11.8 Å². The fraction of sp³-hybridized carbons (Fsp3) is 0.400. The molecule has 0 atom stereocenters. The molecule has 0 N–H and O–H groups in total. The molecule has 0 amide bonds. The second kappa shape index (κ2) is 10.0. The molecule has 0 fully saturated rings. The maximum absolute atomic E-state index is 4.93. The fourth-order valence-electron chi connectivity index (χ4n) is 3.56. The van der Waals surface area contributed by atoms with Crippen molar-refractivity contribution in [3.05, 3.63) is 70.8 Å². The zero-order valence-corrected chi connectivity index (χ0v) is 17.8. The molecule has 122 valence electrons. The van der Waals surface area contributed by atoms with E-state index in [0.717, 1.165) is 11.8 Å². The number of hydrogen-bond donors (Lipinski definition) is 0. The van der Waals surface area contributed by atoms with E-state index in [4.69, 9.17) is 17.0 Å². The molecule has 0 aromatic heterocycles. The molecule has 3 heteroatoms. The first-order chi connectivity index (χ1) is 11.1. The molecule has 0 aliphatic heterocycles. The summed E-state index contributed by atoms with van der Waals surface area (Å²) in [5.41, 5.74) is 6.26. The molecule has 2 aromatic rings. The minimum atomic E-state index is -0.826. The van der Waals surface area contributed by atoms with Crippen molar-refractivity contribution in [3.63, 3.8) is 0 Å². The summed E-state index contributed by atoms with van der Waals surface area (Å²) in [5.74, 6) is 1.75. The van der Waals surface area contributed by atoms with Gasteiger partial charge in [-0.05, 0) is 59.8 Å². The first-order valence-corrected chi connectivity index (χ1v) is 14.6. The van der Waals surface area contributed by atoms with Gasteiger partial charge in [0.25, 0.3) is 0 Å². The van der Waals surface area contributed by atoms with Gasteiger partial charge in [0.2, 0.25) is 0 Å². The van der Waals surface area contributed by atoms with Gasteiger partial charge >= 0.3 is 37.9 Å². The van der Waals surface area contributed by atoms with E-state index in [1.54, 1.807) is 22.3 Å². The summed E-state index contributed by atoms with van der Waals surface area (Å²) in [6, 6.07) is 17.5. The zero-order valence-electron chi connectivity index (χ0n) is 13.9. The number of benzene rings is 2. The summed E-state index contributed by atoms with van der Waals surface area (Å²) in [5, 5.41) is 0. The Bertz CT molecular complexity index is 509. The monoisotopic (exact) mass is 424 g/mol. The SMILES string of the molecule is CC1Cc2ccccc2C1.CC1Cc2ccccc2C1.[Cl][Zr][Cl]. The van der Waals surface area contributed by atoms with Crippen molar-refractivity contribution in [3.8, 4) is 0 Å². The van der Waals surface area contributed by atoms with Gasteiger partial charge in [-0.25, -0.2) is 0 Å². The van der Waals surface area contributed by atoms with Crippen molar-refractivity contribution < 1.29 is 20.8 Å². The Hall–Kier alpha value is -0.0969. The van der Waals surface area contributed by atoms with E-state index >= 15 is 0 Å². The predicted molar refractivity (Wildman–Crippen MR) is 97.7 cm³/mol. The van der Waals surface area contributed by atoms with E-state index in [1.807, 2.05) is 0 Å². The van der Waals surface area contributed by atoms with Gasteiger partial charge in [-0.1, -0.05) is 62.4 Å². The molecule has 2 aliphatic carbocycles. The Balaban J connectivity index is 0.000000143. The number of hydrogen-bond acceptors (Lipinski definition) is 0. The van der Waals surface area contributed by atoms with Crippen molar-refractivity contribution >= 4 is 17.0 Å². The predicted octanol–water partition coefficient (Wildman–Crippen LogP) is 6.22. The van der Waals surface area contributed by atoms with Crippen molar-refractivity contribution in [1.29, 1.82) is 0 Å². The average Bonchev–Trinajstić information content (AvgIpc) is 3.08. The molecular formula is C20H24Cl2Zr. The molecule has 0 saturated carbocycles. The Morgan fingerprint density at radius 2 is 0.870 bits per heavy atom. The topological polar surface area (TPSA) is 0 Å². The van der Waals surface area contributed by atoms with Crippen molar-refractivity contribution in [2.75, 3.05) is 0 Å². The van der Waals surface area contributed by atoms with E-state index in [-0.39, 0.29) is 0 Å². The third-order valence-electron chi connectivity index (χ3n) is 4.51. The minimum absolute atomic E-state index is 0.826. The molecular weight excluding hydrogens is 402 g/mol. The van der Waals surface area contributed by atoms with E-state index < -0.39 is 20.8 Å². The summed E-state index contributed by atoms with van der Waals surface area (Å²) in [6.45, 7) is 4.64. The zero-order chi connectivity index (χ0) is 16.7. The summed E-state index contributed by atoms with van der Waals surface area (Å²) >= 11 is -0.826. The van der Waals surface area contributed by atoms with Gasteiger partial charge in [-0.3, -0.25) is 0 Å². The van der Waals surface area contributed by atoms with Gasteiger partial charge in [0.05, 0.1) is 0 Å². The van der Waals surface area contributed by atoms with Crippen LogP contribution in [-0.2, 0) is 46.5 Å². The van der Waals surface area contributed by atoms with Crippen molar-refractivity contribution in [1.82, 2.24) is 0 Å². The molecule has 0 bridgehead atoms. The molecule has 0 spiro atoms. The second-order valence-electron chi connectivity index (χ2n) is 6.64. The van der Waals surface area contributed by atoms with Crippen LogP contribution in [0.2, 0.25) is 0 Å². The molecule has 23 heavy (non-hydrogen) atoms. The van der Waals surface area contributed by atoms with Crippen molar-refractivity contribution in [2.45, 2.75) is 39.5 Å². The van der Waals surface area contributed by atoms with Crippen LogP contribution in [0.1, 0.15) is 36.1 Å². The number of fused-ring (bicyclic) bond motifs is 2. The van der Waals surface area contributed by atoms with E-state index in [0.29, 0.717) is 0 Å². The van der Waals surface area contributed by atoms with Gasteiger partial charge in [-0.15, -0.1) is 0 Å². The van der Waals surface area contributed by atoms with Crippen LogP contribution in [0.25, 0.3) is 0 Å². The molecule has 4 rings (SSSR count). The number of rotatable bonds is 0. The van der Waals surface area contributed by atoms with Gasteiger partial charge in [-0.2, -0.15) is 0 Å². The summed E-state index contributed by atoms with van der Waals surface area (Å²) < 4.78 is 0. The van der Waals surface area contributed by atoms with Gasteiger partial charge < -0.3 is 0 Å². The van der Waals surface area contributed by atoms with E-state index in [9.17, 15) is 0 Å². The number of halogens is 2. The summed E-state index contributed by atoms with van der Waals surface area (Å²) in [6.07, 6.45) is 5.15. The Morgan fingerprint density at radius 3 is 1.09 bits per heavy atom. The van der Waals surface area contributed by atoms with Crippen LogP contribution in [-0.4, -0.2) is 0 Å². The molecule has 0 unspecified atom stereocenters. The van der Waals surface area contributed by atoms with E-state index in [1.165, 1.54) is 25.7 Å². The molecule has 0 saturated heterocycles. The normalized spacial score (nSPS) is 15.7. The van der Waals surface area contributed by atoms with Crippen LogP contribution >= 0.6 is 17.0 Å². The average molecular weight is 427 g/mol. The molecule has 0 heterocycles. The quantitative estimate of drug-likeness (QED) is 0.469. The summed E-state index contributed by atoms with van der Waals surface area (Å²) in [7, 11) is 9.87. The van der Waals surface area contributed by atoms with Crippen LogP contribution < -0.4 is 0 Å². The first kappa shape index (κ1) is 19.2.